The predicted octanol–water partition coefficient (Wildman–Crippen LogP) is 3.26. The maximum atomic E-state index is 9.76. The highest BCUT2D eigenvalue weighted by Crippen LogP contribution is 2.26. The van der Waals surface area contributed by atoms with Gasteiger partial charge in [-0.05, 0) is 42.3 Å². The van der Waals surface area contributed by atoms with Gasteiger partial charge in [0.05, 0.1) is 14.2 Å². The Morgan fingerprint density at radius 2 is 1.76 bits per heavy atom. The first-order valence-electron chi connectivity index (χ1n) is 6.87. The Hall–Kier alpha value is -2.20. The first-order valence-corrected chi connectivity index (χ1v) is 6.87. The molecule has 21 heavy (non-hydrogen) atoms. The molecule has 1 atom stereocenters. The molecule has 112 valence electrons. The minimum atomic E-state index is 0.161. The Labute approximate surface area is 125 Å². The van der Waals surface area contributed by atoms with Crippen molar-refractivity contribution < 1.29 is 14.6 Å². The SMILES string of the molecule is COc1ccc(C(C)NCc2ccc(OC)c(O)c2)cc1. The van der Waals surface area contributed by atoms with Gasteiger partial charge in [-0.1, -0.05) is 18.2 Å². The van der Waals surface area contributed by atoms with Crippen LogP contribution in [0.5, 0.6) is 17.2 Å². The molecule has 2 rings (SSSR count). The lowest BCUT2D eigenvalue weighted by atomic mass is 10.1. The van der Waals surface area contributed by atoms with E-state index in [9.17, 15) is 5.11 Å². The van der Waals surface area contributed by atoms with Gasteiger partial charge < -0.3 is 19.9 Å². The lowest BCUT2D eigenvalue weighted by Crippen LogP contribution is -2.17. The summed E-state index contributed by atoms with van der Waals surface area (Å²) in [4.78, 5) is 0. The monoisotopic (exact) mass is 287 g/mol. The zero-order valence-electron chi connectivity index (χ0n) is 12.6. The van der Waals surface area contributed by atoms with E-state index in [2.05, 4.69) is 12.2 Å². The molecule has 0 bridgehead atoms. The number of benzene rings is 2. The zero-order chi connectivity index (χ0) is 15.2. The fourth-order valence-corrected chi connectivity index (χ4v) is 2.13. The van der Waals surface area contributed by atoms with Crippen molar-refractivity contribution in [2.45, 2.75) is 19.5 Å². The van der Waals surface area contributed by atoms with E-state index in [1.807, 2.05) is 30.3 Å². The van der Waals surface area contributed by atoms with E-state index >= 15 is 0 Å². The fourth-order valence-electron chi connectivity index (χ4n) is 2.13. The second-order valence-electron chi connectivity index (χ2n) is 4.88. The highest BCUT2D eigenvalue weighted by molar-refractivity contribution is 5.41. The van der Waals surface area contributed by atoms with Crippen LogP contribution in [0.25, 0.3) is 0 Å². The van der Waals surface area contributed by atoms with Crippen molar-refractivity contribution in [3.63, 3.8) is 0 Å². The van der Waals surface area contributed by atoms with E-state index in [1.165, 1.54) is 5.56 Å². The summed E-state index contributed by atoms with van der Waals surface area (Å²) in [7, 11) is 3.20. The van der Waals surface area contributed by atoms with Crippen LogP contribution >= 0.6 is 0 Å². The summed E-state index contributed by atoms with van der Waals surface area (Å²) in [6.07, 6.45) is 0. The molecule has 0 heterocycles. The van der Waals surface area contributed by atoms with Crippen LogP contribution < -0.4 is 14.8 Å². The van der Waals surface area contributed by atoms with Crippen molar-refractivity contribution in [3.8, 4) is 17.2 Å². The molecular formula is C17H21NO3. The van der Waals surface area contributed by atoms with Crippen LogP contribution in [0.1, 0.15) is 24.1 Å². The number of hydrogen-bond donors (Lipinski definition) is 2. The molecule has 4 nitrogen and oxygen atoms in total. The van der Waals surface area contributed by atoms with Crippen LogP contribution in [-0.2, 0) is 6.54 Å². The van der Waals surface area contributed by atoms with Gasteiger partial charge in [0.1, 0.15) is 5.75 Å². The molecule has 0 aliphatic rings. The number of rotatable bonds is 6. The normalized spacial score (nSPS) is 12.0. The third-order valence-electron chi connectivity index (χ3n) is 3.47. The molecule has 4 heteroatoms. The molecule has 2 aromatic rings. The van der Waals surface area contributed by atoms with E-state index in [1.54, 1.807) is 26.4 Å². The predicted molar refractivity (Wildman–Crippen MR) is 82.9 cm³/mol. The molecule has 0 saturated carbocycles. The summed E-state index contributed by atoms with van der Waals surface area (Å²) in [6.45, 7) is 2.77. The molecule has 0 radical (unpaired) electrons. The summed E-state index contributed by atoms with van der Waals surface area (Å²) in [6, 6.07) is 13.6. The maximum Gasteiger partial charge on any atom is 0.160 e. The number of ether oxygens (including phenoxy) is 2. The van der Waals surface area contributed by atoms with Crippen LogP contribution in [0.4, 0.5) is 0 Å². The molecule has 0 fully saturated rings. The summed E-state index contributed by atoms with van der Waals surface area (Å²) in [5, 5.41) is 13.2. The standard InChI is InChI=1S/C17H21NO3/c1-12(14-5-7-15(20-2)8-6-14)18-11-13-4-9-17(21-3)16(19)10-13/h4-10,12,18-19H,11H2,1-3H3. The summed E-state index contributed by atoms with van der Waals surface area (Å²) < 4.78 is 10.2. The van der Waals surface area contributed by atoms with Crippen LogP contribution in [0.3, 0.4) is 0 Å². The van der Waals surface area contributed by atoms with E-state index in [-0.39, 0.29) is 11.8 Å². The number of nitrogens with one attached hydrogen (secondary N) is 1. The van der Waals surface area contributed by atoms with Gasteiger partial charge in [0.25, 0.3) is 0 Å². The number of methoxy groups -OCH3 is 2. The molecule has 0 saturated heterocycles. The summed E-state index contributed by atoms with van der Waals surface area (Å²) in [5.41, 5.74) is 2.20. The molecule has 0 aromatic heterocycles. The third-order valence-corrected chi connectivity index (χ3v) is 3.47. The minimum Gasteiger partial charge on any atom is -0.504 e. The first kappa shape index (κ1) is 15.2. The Morgan fingerprint density at radius 3 is 2.33 bits per heavy atom. The number of aromatic hydroxyl groups is 1. The van der Waals surface area contributed by atoms with Crippen LogP contribution in [0, 0.1) is 0 Å². The Kier molecular flexibility index (Phi) is 5.06. The Balaban J connectivity index is 1.96. The van der Waals surface area contributed by atoms with Gasteiger partial charge in [0.2, 0.25) is 0 Å². The fraction of sp³-hybridized carbons (Fsp3) is 0.294. The number of phenolic OH excluding ortho intramolecular Hbond substituents is 1. The van der Waals surface area contributed by atoms with Gasteiger partial charge >= 0.3 is 0 Å². The van der Waals surface area contributed by atoms with E-state index < -0.39 is 0 Å². The Bertz CT molecular complexity index is 581. The molecule has 0 spiro atoms. The largest absolute Gasteiger partial charge is 0.504 e. The highest BCUT2D eigenvalue weighted by atomic mass is 16.5. The molecule has 0 aliphatic heterocycles. The first-order chi connectivity index (χ1) is 10.1. The van der Waals surface area contributed by atoms with Crippen molar-refractivity contribution in [3.05, 3.63) is 53.6 Å². The van der Waals surface area contributed by atoms with Crippen LogP contribution in [0.15, 0.2) is 42.5 Å². The van der Waals surface area contributed by atoms with Gasteiger partial charge in [-0.25, -0.2) is 0 Å². The van der Waals surface area contributed by atoms with E-state index in [0.717, 1.165) is 11.3 Å². The molecule has 0 amide bonds. The van der Waals surface area contributed by atoms with Crippen molar-refractivity contribution in [2.24, 2.45) is 0 Å². The van der Waals surface area contributed by atoms with E-state index in [4.69, 9.17) is 9.47 Å². The lowest BCUT2D eigenvalue weighted by Gasteiger charge is -2.15. The van der Waals surface area contributed by atoms with Crippen molar-refractivity contribution in [1.82, 2.24) is 5.32 Å². The van der Waals surface area contributed by atoms with Crippen molar-refractivity contribution in [2.75, 3.05) is 14.2 Å². The molecule has 1 unspecified atom stereocenters. The topological polar surface area (TPSA) is 50.7 Å². The quantitative estimate of drug-likeness (QED) is 0.856. The molecule has 0 aliphatic carbocycles. The van der Waals surface area contributed by atoms with Crippen molar-refractivity contribution >= 4 is 0 Å². The second kappa shape index (κ2) is 6.99. The van der Waals surface area contributed by atoms with Gasteiger partial charge in [-0.2, -0.15) is 0 Å². The van der Waals surface area contributed by atoms with Crippen LogP contribution in [-0.4, -0.2) is 19.3 Å². The molecule has 2 aromatic carbocycles. The van der Waals surface area contributed by atoms with Gasteiger partial charge in [-0.3, -0.25) is 0 Å². The highest BCUT2D eigenvalue weighted by Gasteiger charge is 2.07. The number of phenols is 1. The second-order valence-corrected chi connectivity index (χ2v) is 4.88. The molecular weight excluding hydrogens is 266 g/mol. The third kappa shape index (κ3) is 3.89. The van der Waals surface area contributed by atoms with Gasteiger partial charge in [0.15, 0.2) is 11.5 Å². The summed E-state index contributed by atoms with van der Waals surface area (Å²) >= 11 is 0. The van der Waals surface area contributed by atoms with Gasteiger partial charge in [0, 0.05) is 12.6 Å². The smallest absolute Gasteiger partial charge is 0.160 e. The zero-order valence-corrected chi connectivity index (χ0v) is 12.6. The minimum absolute atomic E-state index is 0.161. The maximum absolute atomic E-state index is 9.76. The van der Waals surface area contributed by atoms with E-state index in [0.29, 0.717) is 12.3 Å². The lowest BCUT2D eigenvalue weighted by molar-refractivity contribution is 0.373. The Morgan fingerprint density at radius 1 is 1.05 bits per heavy atom. The number of hydrogen-bond acceptors (Lipinski definition) is 4. The van der Waals surface area contributed by atoms with Gasteiger partial charge in [-0.15, -0.1) is 0 Å². The average Bonchev–Trinajstić information content (AvgIpc) is 2.52. The summed E-state index contributed by atoms with van der Waals surface area (Å²) in [5.74, 6) is 1.50. The molecule has 2 N–H and O–H groups in total. The average molecular weight is 287 g/mol. The van der Waals surface area contributed by atoms with Crippen LogP contribution in [0.2, 0.25) is 0 Å². The van der Waals surface area contributed by atoms with Crippen molar-refractivity contribution in [1.29, 1.82) is 0 Å².